The number of amides is 4. The summed E-state index contributed by atoms with van der Waals surface area (Å²) in [7, 11) is 0. The van der Waals surface area contributed by atoms with Gasteiger partial charge in [0, 0.05) is 18.4 Å². The SMILES string of the molecule is CCCC[C@H](NC(=O)O[C@@H]1C(=O)N(C(=O)OCCc2ccccc2)CC1(C)C)C(=O)C(=O)N[C@H](C)c1ccccc1. The smallest absolute Gasteiger partial charge is 0.416 e. The summed E-state index contributed by atoms with van der Waals surface area (Å²) >= 11 is 0. The first-order valence-electron chi connectivity index (χ1n) is 13.9. The molecule has 1 saturated heterocycles. The van der Waals surface area contributed by atoms with E-state index < -0.39 is 53.4 Å². The van der Waals surface area contributed by atoms with E-state index in [-0.39, 0.29) is 19.6 Å². The predicted molar refractivity (Wildman–Crippen MR) is 152 cm³/mol. The highest BCUT2D eigenvalue weighted by Gasteiger charge is 2.52. The molecule has 3 atom stereocenters. The molecule has 1 aliphatic rings. The van der Waals surface area contributed by atoms with E-state index in [1.807, 2.05) is 67.6 Å². The van der Waals surface area contributed by atoms with E-state index in [9.17, 15) is 24.0 Å². The summed E-state index contributed by atoms with van der Waals surface area (Å²) in [6, 6.07) is 17.1. The van der Waals surface area contributed by atoms with Gasteiger partial charge in [0.15, 0.2) is 6.10 Å². The zero-order valence-electron chi connectivity index (χ0n) is 24.1. The molecule has 1 fully saturated rings. The fourth-order valence-corrected chi connectivity index (χ4v) is 4.60. The van der Waals surface area contributed by atoms with Crippen molar-refractivity contribution in [2.24, 2.45) is 5.41 Å². The lowest BCUT2D eigenvalue weighted by atomic mass is 9.90. The van der Waals surface area contributed by atoms with Crippen molar-refractivity contribution in [1.29, 1.82) is 0 Å². The number of Topliss-reactive ketones (excluding diaryl/α,β-unsaturated/α-hetero) is 1. The summed E-state index contributed by atoms with van der Waals surface area (Å²) in [5.41, 5.74) is 0.913. The first-order valence-corrected chi connectivity index (χ1v) is 13.9. The minimum Gasteiger partial charge on any atom is -0.449 e. The molecule has 3 rings (SSSR count). The molecule has 0 spiro atoms. The predicted octanol–water partition coefficient (Wildman–Crippen LogP) is 4.33. The Bertz CT molecular complexity index is 1220. The van der Waals surface area contributed by atoms with Crippen LogP contribution >= 0.6 is 0 Å². The van der Waals surface area contributed by atoms with Crippen molar-refractivity contribution in [3.63, 3.8) is 0 Å². The molecule has 0 saturated carbocycles. The normalized spacial score (nSPS) is 17.3. The first kappa shape index (κ1) is 31.3. The van der Waals surface area contributed by atoms with Crippen LogP contribution in [0.4, 0.5) is 9.59 Å². The fraction of sp³-hybridized carbons (Fsp3) is 0.452. The molecule has 0 aliphatic carbocycles. The monoisotopic (exact) mass is 565 g/mol. The molecule has 2 N–H and O–H groups in total. The molecule has 220 valence electrons. The minimum atomic E-state index is -1.28. The van der Waals surface area contributed by atoms with Crippen molar-refractivity contribution in [3.8, 4) is 0 Å². The summed E-state index contributed by atoms with van der Waals surface area (Å²) in [5, 5.41) is 5.14. The summed E-state index contributed by atoms with van der Waals surface area (Å²) in [4.78, 5) is 65.3. The van der Waals surface area contributed by atoms with E-state index in [0.717, 1.165) is 22.4 Å². The van der Waals surface area contributed by atoms with Gasteiger partial charge in [-0.3, -0.25) is 14.4 Å². The lowest BCUT2D eigenvalue weighted by molar-refractivity contribution is -0.139. The zero-order chi connectivity index (χ0) is 30.0. The number of nitrogens with zero attached hydrogens (tertiary/aromatic N) is 1. The Kier molecular flexibility index (Phi) is 11.0. The van der Waals surface area contributed by atoms with Gasteiger partial charge >= 0.3 is 12.2 Å². The molecule has 1 aliphatic heterocycles. The molecule has 0 bridgehead atoms. The Morgan fingerprint density at radius 3 is 2.27 bits per heavy atom. The van der Waals surface area contributed by atoms with Crippen LogP contribution in [0.2, 0.25) is 0 Å². The quantitative estimate of drug-likeness (QED) is 0.366. The maximum atomic E-state index is 13.1. The number of carbonyl (C=O) groups excluding carboxylic acids is 5. The second-order valence-corrected chi connectivity index (χ2v) is 10.9. The fourth-order valence-electron chi connectivity index (χ4n) is 4.60. The van der Waals surface area contributed by atoms with Crippen LogP contribution in [0.15, 0.2) is 60.7 Å². The van der Waals surface area contributed by atoms with Crippen LogP contribution in [0.3, 0.4) is 0 Å². The second-order valence-electron chi connectivity index (χ2n) is 10.9. The second kappa shape index (κ2) is 14.4. The van der Waals surface area contributed by atoms with Gasteiger partial charge in [0.2, 0.25) is 5.78 Å². The third-order valence-electron chi connectivity index (χ3n) is 7.00. The summed E-state index contributed by atoms with van der Waals surface area (Å²) in [5.74, 6) is -2.34. The molecule has 0 unspecified atom stereocenters. The van der Waals surface area contributed by atoms with Crippen LogP contribution in [-0.4, -0.2) is 60.0 Å². The maximum Gasteiger partial charge on any atom is 0.416 e. The van der Waals surface area contributed by atoms with Crippen molar-refractivity contribution in [3.05, 3.63) is 71.8 Å². The van der Waals surface area contributed by atoms with Crippen LogP contribution in [0.25, 0.3) is 0 Å². The highest BCUT2D eigenvalue weighted by molar-refractivity contribution is 6.38. The van der Waals surface area contributed by atoms with E-state index in [4.69, 9.17) is 9.47 Å². The number of ketones is 1. The number of alkyl carbamates (subject to hydrolysis) is 1. The standard InChI is InChI=1S/C31H39N3O7/c1-5-6-17-24(25(35)27(36)32-21(2)23-15-11-8-12-16-23)33-29(38)41-26-28(37)34(20-31(26,3)4)30(39)40-19-18-22-13-9-7-10-14-22/h7-16,21,24,26H,5-6,17-20H2,1-4H3,(H,32,36)(H,33,38)/t21-,24+,26-/m1/s1. The molecular weight excluding hydrogens is 526 g/mol. The van der Waals surface area contributed by atoms with Crippen LogP contribution in [-0.2, 0) is 30.3 Å². The third kappa shape index (κ3) is 8.64. The van der Waals surface area contributed by atoms with Gasteiger partial charge in [-0.2, -0.15) is 0 Å². The molecule has 1 heterocycles. The van der Waals surface area contributed by atoms with Crippen LogP contribution in [0, 0.1) is 5.41 Å². The van der Waals surface area contributed by atoms with Crippen molar-refractivity contribution < 1.29 is 33.4 Å². The summed E-state index contributed by atoms with van der Waals surface area (Å²) in [6.07, 6.45) is -1.09. The third-order valence-corrected chi connectivity index (χ3v) is 7.00. The number of unbranched alkanes of at least 4 members (excludes halogenated alkanes) is 1. The number of hydrogen-bond donors (Lipinski definition) is 2. The number of likely N-dealkylation sites (tertiary alicyclic amines) is 1. The summed E-state index contributed by atoms with van der Waals surface area (Å²) in [6.45, 7) is 7.15. The Hall–Kier alpha value is -4.21. The van der Waals surface area contributed by atoms with E-state index in [0.29, 0.717) is 12.8 Å². The number of benzene rings is 2. The average molecular weight is 566 g/mol. The number of hydrogen-bond acceptors (Lipinski definition) is 7. The summed E-state index contributed by atoms with van der Waals surface area (Å²) < 4.78 is 10.7. The largest absolute Gasteiger partial charge is 0.449 e. The minimum absolute atomic E-state index is 0.00801. The van der Waals surface area contributed by atoms with Gasteiger partial charge in [0.25, 0.3) is 11.8 Å². The molecule has 2 aromatic rings. The van der Waals surface area contributed by atoms with Crippen LogP contribution < -0.4 is 10.6 Å². The molecule has 10 nitrogen and oxygen atoms in total. The molecule has 0 radical (unpaired) electrons. The average Bonchev–Trinajstić information content (AvgIpc) is 3.19. The van der Waals surface area contributed by atoms with E-state index in [1.54, 1.807) is 20.8 Å². The number of rotatable bonds is 12. The molecule has 2 aromatic carbocycles. The van der Waals surface area contributed by atoms with Gasteiger partial charge < -0.3 is 20.1 Å². The van der Waals surface area contributed by atoms with Crippen molar-refractivity contribution >= 4 is 29.8 Å². The highest BCUT2D eigenvalue weighted by Crippen LogP contribution is 2.33. The lowest BCUT2D eigenvalue weighted by Crippen LogP contribution is -2.49. The number of nitrogens with one attached hydrogen (secondary N) is 2. The Labute approximate surface area is 240 Å². The van der Waals surface area contributed by atoms with Gasteiger partial charge in [-0.15, -0.1) is 0 Å². The Morgan fingerprint density at radius 1 is 1.00 bits per heavy atom. The van der Waals surface area contributed by atoms with Crippen molar-refractivity contribution in [2.45, 2.75) is 71.6 Å². The molecule has 10 heteroatoms. The molecule has 4 amide bonds. The first-order chi connectivity index (χ1) is 19.5. The highest BCUT2D eigenvalue weighted by atomic mass is 16.6. The topological polar surface area (TPSA) is 131 Å². The van der Waals surface area contributed by atoms with E-state index in [2.05, 4.69) is 10.6 Å². The Balaban J connectivity index is 1.58. The van der Waals surface area contributed by atoms with Gasteiger partial charge in [-0.1, -0.05) is 94.3 Å². The Morgan fingerprint density at radius 2 is 1.63 bits per heavy atom. The lowest BCUT2D eigenvalue weighted by Gasteiger charge is -2.25. The van der Waals surface area contributed by atoms with E-state index in [1.165, 1.54) is 0 Å². The van der Waals surface area contributed by atoms with Crippen molar-refractivity contribution in [2.75, 3.05) is 13.2 Å². The zero-order valence-corrected chi connectivity index (χ0v) is 24.1. The van der Waals surface area contributed by atoms with Gasteiger partial charge in [-0.25, -0.2) is 14.5 Å². The number of ether oxygens (including phenoxy) is 2. The van der Waals surface area contributed by atoms with Gasteiger partial charge in [-0.05, 0) is 24.5 Å². The van der Waals surface area contributed by atoms with Gasteiger partial charge in [0.05, 0.1) is 12.6 Å². The molecule has 41 heavy (non-hydrogen) atoms. The molecular formula is C31H39N3O7. The molecule has 0 aromatic heterocycles. The van der Waals surface area contributed by atoms with Crippen molar-refractivity contribution in [1.82, 2.24) is 15.5 Å². The van der Waals surface area contributed by atoms with E-state index >= 15 is 0 Å². The van der Waals surface area contributed by atoms with Crippen LogP contribution in [0.5, 0.6) is 0 Å². The van der Waals surface area contributed by atoms with Crippen LogP contribution in [0.1, 0.15) is 64.1 Å². The maximum absolute atomic E-state index is 13.1. The number of carbonyl (C=O) groups is 5. The number of imide groups is 1. The van der Waals surface area contributed by atoms with Gasteiger partial charge in [0.1, 0.15) is 6.04 Å².